The second-order valence-electron chi connectivity index (χ2n) is 8.75. The van der Waals surface area contributed by atoms with Crippen LogP contribution in [0.2, 0.25) is 0 Å². The molecule has 0 saturated carbocycles. The summed E-state index contributed by atoms with van der Waals surface area (Å²) in [7, 11) is 1.66. The van der Waals surface area contributed by atoms with Crippen molar-refractivity contribution >= 4 is 34.2 Å². The predicted molar refractivity (Wildman–Crippen MR) is 130 cm³/mol. The van der Waals surface area contributed by atoms with Crippen molar-refractivity contribution in [1.82, 2.24) is 10.2 Å². The Labute approximate surface area is 198 Å². The Bertz CT molecular complexity index is 1270. The van der Waals surface area contributed by atoms with Crippen molar-refractivity contribution in [1.29, 1.82) is 0 Å². The number of fused-ring (bicyclic) bond motifs is 2. The van der Waals surface area contributed by atoms with Gasteiger partial charge in [0.1, 0.15) is 11.8 Å². The van der Waals surface area contributed by atoms with E-state index in [4.69, 9.17) is 4.74 Å². The van der Waals surface area contributed by atoms with E-state index in [1.165, 1.54) is 0 Å². The van der Waals surface area contributed by atoms with E-state index in [1.54, 1.807) is 31.4 Å². The summed E-state index contributed by atoms with van der Waals surface area (Å²) in [6.07, 6.45) is 2.24. The summed E-state index contributed by atoms with van der Waals surface area (Å²) in [5, 5.41) is 7.69. The van der Waals surface area contributed by atoms with Crippen LogP contribution in [0.25, 0.3) is 10.8 Å². The van der Waals surface area contributed by atoms with E-state index in [2.05, 4.69) is 16.7 Å². The number of likely N-dealkylation sites (tertiary alicyclic amines) is 1. The van der Waals surface area contributed by atoms with Gasteiger partial charge >= 0.3 is 0 Å². The van der Waals surface area contributed by atoms with Crippen LogP contribution in [0.3, 0.4) is 0 Å². The van der Waals surface area contributed by atoms with Crippen molar-refractivity contribution in [2.24, 2.45) is 0 Å². The lowest BCUT2D eigenvalue weighted by Gasteiger charge is -2.27. The summed E-state index contributed by atoms with van der Waals surface area (Å²) in [5.74, 6) is 0.193. The fourth-order valence-electron chi connectivity index (χ4n) is 5.08. The molecule has 174 valence electrons. The predicted octanol–water partition coefficient (Wildman–Crippen LogP) is 4.04. The minimum Gasteiger partial charge on any atom is -0.496 e. The summed E-state index contributed by atoms with van der Waals surface area (Å²) in [5.41, 5.74) is 2.03. The number of rotatable bonds is 5. The maximum Gasteiger partial charge on any atom is 0.254 e. The van der Waals surface area contributed by atoms with Crippen LogP contribution in [0, 0.1) is 0 Å². The van der Waals surface area contributed by atoms with Gasteiger partial charge in [0, 0.05) is 18.4 Å². The van der Waals surface area contributed by atoms with Gasteiger partial charge in [0.05, 0.1) is 24.4 Å². The van der Waals surface area contributed by atoms with Crippen LogP contribution in [-0.4, -0.2) is 42.3 Å². The van der Waals surface area contributed by atoms with Crippen LogP contribution in [0.4, 0.5) is 5.69 Å². The number of nitrogens with one attached hydrogen (secondary N) is 2. The monoisotopic (exact) mass is 457 g/mol. The third-order valence-electron chi connectivity index (χ3n) is 6.77. The van der Waals surface area contributed by atoms with Crippen LogP contribution in [0.5, 0.6) is 5.75 Å². The van der Waals surface area contributed by atoms with Crippen molar-refractivity contribution < 1.29 is 19.1 Å². The Morgan fingerprint density at radius 3 is 2.62 bits per heavy atom. The van der Waals surface area contributed by atoms with Gasteiger partial charge in [-0.15, -0.1) is 0 Å². The molecule has 0 unspecified atom stereocenters. The third kappa shape index (κ3) is 3.98. The van der Waals surface area contributed by atoms with E-state index in [1.807, 2.05) is 35.2 Å². The number of nitrogens with zero attached hydrogens (tertiary/aromatic N) is 1. The number of methoxy groups -OCH3 is 1. The zero-order valence-electron chi connectivity index (χ0n) is 19.0. The number of hydrogen-bond donors (Lipinski definition) is 2. The number of hydrogen-bond acceptors (Lipinski definition) is 4. The van der Waals surface area contributed by atoms with Crippen LogP contribution in [0.1, 0.15) is 47.6 Å². The van der Waals surface area contributed by atoms with Gasteiger partial charge in [0.25, 0.3) is 5.91 Å². The summed E-state index contributed by atoms with van der Waals surface area (Å²) in [6.45, 7) is 0.679. The molecule has 2 aliphatic heterocycles. The minimum absolute atomic E-state index is 0.00814. The molecule has 1 fully saturated rings. The average molecular weight is 458 g/mol. The molecular weight excluding hydrogens is 430 g/mol. The van der Waals surface area contributed by atoms with E-state index in [-0.39, 0.29) is 36.6 Å². The molecule has 3 aromatic carbocycles. The molecule has 7 heteroatoms. The van der Waals surface area contributed by atoms with Crippen molar-refractivity contribution in [3.8, 4) is 5.75 Å². The van der Waals surface area contributed by atoms with Crippen LogP contribution >= 0.6 is 0 Å². The topological polar surface area (TPSA) is 87.7 Å². The molecule has 2 heterocycles. The number of ether oxygens (including phenoxy) is 1. The first-order valence-corrected chi connectivity index (χ1v) is 11.6. The number of benzene rings is 3. The van der Waals surface area contributed by atoms with Gasteiger partial charge in [-0.25, -0.2) is 0 Å². The standard InChI is InChI=1S/C27H27N3O4/c1-34-24-14-12-18(17-7-2-3-8-19(17)24)23-11-6-16-30(23)25(31)15-13-22-27(33)28-21-10-5-4-9-20(21)26(32)29-22/h2-5,7-10,12,14,22-23H,6,11,13,15-16H2,1H3,(H,28,33)(H,29,32)/t22-,23-/m1/s1. The van der Waals surface area contributed by atoms with Gasteiger partial charge in [-0.3, -0.25) is 14.4 Å². The lowest BCUT2D eigenvalue weighted by molar-refractivity contribution is -0.132. The van der Waals surface area contributed by atoms with Crippen molar-refractivity contribution in [3.63, 3.8) is 0 Å². The fourth-order valence-corrected chi connectivity index (χ4v) is 5.08. The molecule has 0 aromatic heterocycles. The normalized spacial score (nSPS) is 19.9. The van der Waals surface area contributed by atoms with Crippen molar-refractivity contribution in [2.45, 2.75) is 37.8 Å². The molecular formula is C27H27N3O4. The molecule has 0 aliphatic carbocycles. The Balaban J connectivity index is 1.32. The maximum absolute atomic E-state index is 13.3. The highest BCUT2D eigenvalue weighted by molar-refractivity contribution is 6.09. The maximum atomic E-state index is 13.3. The quantitative estimate of drug-likeness (QED) is 0.605. The Hall–Kier alpha value is -3.87. The Kier molecular flexibility index (Phi) is 5.92. The lowest BCUT2D eigenvalue weighted by atomic mass is 9.96. The van der Waals surface area contributed by atoms with E-state index >= 15 is 0 Å². The second kappa shape index (κ2) is 9.17. The smallest absolute Gasteiger partial charge is 0.254 e. The van der Waals surface area contributed by atoms with Gasteiger partial charge in [-0.2, -0.15) is 0 Å². The van der Waals surface area contributed by atoms with E-state index in [0.29, 0.717) is 17.8 Å². The Morgan fingerprint density at radius 2 is 1.79 bits per heavy atom. The molecule has 7 nitrogen and oxygen atoms in total. The molecule has 5 rings (SSSR count). The molecule has 0 radical (unpaired) electrons. The van der Waals surface area contributed by atoms with Crippen LogP contribution < -0.4 is 15.4 Å². The summed E-state index contributed by atoms with van der Waals surface area (Å²) < 4.78 is 5.52. The molecule has 2 N–H and O–H groups in total. The van der Waals surface area contributed by atoms with Crippen LogP contribution in [-0.2, 0) is 9.59 Å². The van der Waals surface area contributed by atoms with Gasteiger partial charge in [0.15, 0.2) is 0 Å². The van der Waals surface area contributed by atoms with Crippen LogP contribution in [0.15, 0.2) is 60.7 Å². The molecule has 0 bridgehead atoms. The SMILES string of the molecule is COc1ccc([C@H]2CCCN2C(=O)CC[C@H]2NC(=O)c3ccccc3NC2=O)c2ccccc12. The van der Waals surface area contributed by atoms with E-state index < -0.39 is 6.04 Å². The molecule has 2 atom stereocenters. The Morgan fingerprint density at radius 1 is 1.03 bits per heavy atom. The molecule has 3 amide bonds. The largest absolute Gasteiger partial charge is 0.496 e. The number of amides is 3. The van der Waals surface area contributed by atoms with E-state index in [9.17, 15) is 14.4 Å². The average Bonchev–Trinajstić information content (AvgIpc) is 3.31. The van der Waals surface area contributed by atoms with Crippen molar-refractivity contribution in [2.75, 3.05) is 19.0 Å². The highest BCUT2D eigenvalue weighted by atomic mass is 16.5. The molecule has 34 heavy (non-hydrogen) atoms. The highest BCUT2D eigenvalue weighted by Crippen LogP contribution is 2.39. The van der Waals surface area contributed by atoms with Gasteiger partial charge in [-0.1, -0.05) is 42.5 Å². The number of para-hydroxylation sites is 1. The number of carbonyl (C=O) groups is 3. The lowest BCUT2D eigenvalue weighted by Crippen LogP contribution is -2.42. The van der Waals surface area contributed by atoms with Gasteiger partial charge in [0.2, 0.25) is 11.8 Å². The van der Waals surface area contributed by atoms with E-state index in [0.717, 1.165) is 34.9 Å². The summed E-state index contributed by atoms with van der Waals surface area (Å²) in [4.78, 5) is 40.4. The second-order valence-corrected chi connectivity index (χ2v) is 8.75. The highest BCUT2D eigenvalue weighted by Gasteiger charge is 2.33. The third-order valence-corrected chi connectivity index (χ3v) is 6.77. The molecule has 2 aliphatic rings. The summed E-state index contributed by atoms with van der Waals surface area (Å²) >= 11 is 0. The van der Waals surface area contributed by atoms with Crippen molar-refractivity contribution in [3.05, 3.63) is 71.8 Å². The zero-order chi connectivity index (χ0) is 23.7. The van der Waals surface area contributed by atoms with Gasteiger partial charge in [-0.05, 0) is 48.4 Å². The molecule has 1 saturated heterocycles. The summed E-state index contributed by atoms with van der Waals surface area (Å²) in [6, 6.07) is 18.2. The first kappa shape index (κ1) is 21.9. The van der Waals surface area contributed by atoms with Gasteiger partial charge < -0.3 is 20.3 Å². The number of carbonyl (C=O) groups excluding carboxylic acids is 3. The molecule has 0 spiro atoms. The number of anilines is 1. The fraction of sp³-hybridized carbons (Fsp3) is 0.296. The first-order chi connectivity index (χ1) is 16.6. The molecule has 3 aromatic rings. The first-order valence-electron chi connectivity index (χ1n) is 11.6. The minimum atomic E-state index is -0.758. The zero-order valence-corrected chi connectivity index (χ0v) is 19.0.